The molecule has 0 fully saturated rings. The number of hydrogen-bond acceptors (Lipinski definition) is 4. The van der Waals surface area contributed by atoms with Crippen molar-refractivity contribution in [1.29, 1.82) is 0 Å². The van der Waals surface area contributed by atoms with Crippen LogP contribution in [0, 0.1) is 0 Å². The lowest BCUT2D eigenvalue weighted by molar-refractivity contribution is 0.337. The van der Waals surface area contributed by atoms with Crippen LogP contribution in [-0.2, 0) is 16.3 Å². The van der Waals surface area contributed by atoms with Crippen molar-refractivity contribution >= 4 is 9.84 Å². The Morgan fingerprint density at radius 1 is 1.33 bits per heavy atom. The van der Waals surface area contributed by atoms with Crippen molar-refractivity contribution in [2.75, 3.05) is 24.7 Å². The molecule has 1 aromatic carbocycles. The summed E-state index contributed by atoms with van der Waals surface area (Å²) < 4.78 is 28.7. The van der Waals surface area contributed by atoms with E-state index in [1.165, 1.54) is 11.1 Å². The largest absolute Gasteiger partial charge is 0.492 e. The van der Waals surface area contributed by atoms with E-state index in [-0.39, 0.29) is 18.1 Å². The van der Waals surface area contributed by atoms with Gasteiger partial charge in [-0.15, -0.1) is 0 Å². The van der Waals surface area contributed by atoms with Gasteiger partial charge in [-0.3, -0.25) is 0 Å². The molecule has 21 heavy (non-hydrogen) atoms. The van der Waals surface area contributed by atoms with Gasteiger partial charge >= 0.3 is 0 Å². The van der Waals surface area contributed by atoms with Gasteiger partial charge in [-0.2, -0.15) is 0 Å². The second kappa shape index (κ2) is 7.27. The highest BCUT2D eigenvalue weighted by Gasteiger charge is 2.24. The number of ether oxygens (including phenoxy) is 1. The second-order valence-electron chi connectivity index (χ2n) is 5.45. The number of benzene rings is 1. The van der Waals surface area contributed by atoms with Crippen LogP contribution >= 0.6 is 0 Å². The lowest BCUT2D eigenvalue weighted by Crippen LogP contribution is -2.19. The highest BCUT2D eigenvalue weighted by atomic mass is 32.2. The summed E-state index contributed by atoms with van der Waals surface area (Å²) in [7, 11) is -2.96. The molecule has 0 aliphatic heterocycles. The lowest BCUT2D eigenvalue weighted by Gasteiger charge is -2.15. The summed E-state index contributed by atoms with van der Waals surface area (Å²) in [4.78, 5) is 0. The van der Waals surface area contributed by atoms with Crippen LogP contribution in [0.15, 0.2) is 18.2 Å². The molecule has 1 N–H and O–H groups in total. The molecule has 0 radical (unpaired) electrons. The minimum atomic E-state index is -2.96. The minimum Gasteiger partial charge on any atom is -0.492 e. The Labute approximate surface area is 127 Å². The van der Waals surface area contributed by atoms with Gasteiger partial charge in [-0.25, -0.2) is 8.42 Å². The molecule has 118 valence electrons. The molecule has 0 heterocycles. The highest BCUT2D eigenvalue weighted by Crippen LogP contribution is 2.36. The number of nitrogens with one attached hydrogen (secondary N) is 1. The van der Waals surface area contributed by atoms with Crippen LogP contribution in [0.2, 0.25) is 0 Å². The topological polar surface area (TPSA) is 55.4 Å². The molecule has 4 nitrogen and oxygen atoms in total. The highest BCUT2D eigenvalue weighted by molar-refractivity contribution is 7.91. The SMILES string of the molecule is CCCNC1CCc2c(OCCS(=O)(=O)CC)cccc21. The summed E-state index contributed by atoms with van der Waals surface area (Å²) >= 11 is 0. The van der Waals surface area contributed by atoms with Crippen molar-refractivity contribution in [3.8, 4) is 5.75 Å². The Balaban J connectivity index is 2.01. The van der Waals surface area contributed by atoms with Crippen molar-refractivity contribution in [1.82, 2.24) is 5.32 Å². The molecule has 0 saturated heterocycles. The first kappa shape index (κ1) is 16.3. The Morgan fingerprint density at radius 3 is 2.86 bits per heavy atom. The van der Waals surface area contributed by atoms with Gasteiger partial charge in [0.05, 0.1) is 5.75 Å². The lowest BCUT2D eigenvalue weighted by atomic mass is 10.1. The van der Waals surface area contributed by atoms with Crippen molar-refractivity contribution in [3.63, 3.8) is 0 Å². The Kier molecular flexibility index (Phi) is 5.65. The first-order valence-electron chi connectivity index (χ1n) is 7.75. The fraction of sp³-hybridized carbons (Fsp3) is 0.625. The van der Waals surface area contributed by atoms with Crippen LogP contribution in [0.4, 0.5) is 0 Å². The first-order chi connectivity index (χ1) is 10.1. The molecule has 1 aromatic rings. The van der Waals surface area contributed by atoms with E-state index in [1.54, 1.807) is 6.92 Å². The fourth-order valence-corrected chi connectivity index (χ4v) is 3.34. The molecule has 1 atom stereocenters. The predicted molar refractivity (Wildman–Crippen MR) is 85.6 cm³/mol. The summed E-state index contributed by atoms with van der Waals surface area (Å²) in [6.07, 6.45) is 3.20. The molecular formula is C16H25NO3S. The molecule has 0 spiro atoms. The molecule has 0 saturated carbocycles. The van der Waals surface area contributed by atoms with Gasteiger partial charge < -0.3 is 10.1 Å². The third kappa shape index (κ3) is 4.20. The van der Waals surface area contributed by atoms with E-state index in [4.69, 9.17) is 4.74 Å². The maximum absolute atomic E-state index is 11.5. The smallest absolute Gasteiger partial charge is 0.153 e. The molecule has 0 bridgehead atoms. The van der Waals surface area contributed by atoms with Gasteiger partial charge in [-0.05, 0) is 43.0 Å². The second-order valence-corrected chi connectivity index (χ2v) is 7.93. The van der Waals surface area contributed by atoms with Gasteiger partial charge in [0.2, 0.25) is 0 Å². The zero-order chi connectivity index (χ0) is 15.3. The van der Waals surface area contributed by atoms with Crippen molar-refractivity contribution in [3.05, 3.63) is 29.3 Å². The third-order valence-electron chi connectivity index (χ3n) is 3.96. The molecule has 2 rings (SSSR count). The van der Waals surface area contributed by atoms with Gasteiger partial charge in [0.15, 0.2) is 9.84 Å². The van der Waals surface area contributed by atoms with E-state index in [2.05, 4.69) is 18.3 Å². The van der Waals surface area contributed by atoms with Crippen LogP contribution < -0.4 is 10.1 Å². The van der Waals surface area contributed by atoms with E-state index in [1.807, 2.05) is 12.1 Å². The summed E-state index contributed by atoms with van der Waals surface area (Å²) in [6.45, 7) is 5.08. The predicted octanol–water partition coefficient (Wildman–Crippen LogP) is 2.49. The fourth-order valence-electron chi connectivity index (χ4n) is 2.71. The van der Waals surface area contributed by atoms with Crippen LogP contribution in [0.5, 0.6) is 5.75 Å². The summed E-state index contributed by atoms with van der Waals surface area (Å²) in [5, 5.41) is 3.55. The van der Waals surface area contributed by atoms with E-state index in [0.717, 1.165) is 31.6 Å². The van der Waals surface area contributed by atoms with Crippen LogP contribution in [-0.4, -0.2) is 33.1 Å². The van der Waals surface area contributed by atoms with Gasteiger partial charge in [0.1, 0.15) is 12.4 Å². The van der Waals surface area contributed by atoms with Crippen molar-refractivity contribution < 1.29 is 13.2 Å². The molecule has 0 aromatic heterocycles. The zero-order valence-electron chi connectivity index (χ0n) is 12.9. The number of rotatable bonds is 8. The maximum atomic E-state index is 11.5. The summed E-state index contributed by atoms with van der Waals surface area (Å²) in [6, 6.07) is 6.49. The molecule has 0 amide bonds. The van der Waals surface area contributed by atoms with Gasteiger partial charge in [-0.1, -0.05) is 26.0 Å². The van der Waals surface area contributed by atoms with Crippen molar-refractivity contribution in [2.45, 2.75) is 39.2 Å². The number of fused-ring (bicyclic) bond motifs is 1. The van der Waals surface area contributed by atoms with Crippen LogP contribution in [0.1, 0.15) is 43.9 Å². The third-order valence-corrected chi connectivity index (χ3v) is 5.63. The van der Waals surface area contributed by atoms with E-state index < -0.39 is 9.84 Å². The minimum absolute atomic E-state index is 0.0880. The molecule has 1 unspecified atom stereocenters. The van der Waals surface area contributed by atoms with Crippen molar-refractivity contribution in [2.24, 2.45) is 0 Å². The molecule has 1 aliphatic rings. The normalized spacial score (nSPS) is 17.7. The van der Waals surface area contributed by atoms with Gasteiger partial charge in [0, 0.05) is 11.8 Å². The quantitative estimate of drug-likeness (QED) is 0.801. The summed E-state index contributed by atoms with van der Waals surface area (Å²) in [5.41, 5.74) is 2.54. The Bertz CT molecular complexity index is 569. The molecule has 1 aliphatic carbocycles. The first-order valence-corrected chi connectivity index (χ1v) is 9.58. The maximum Gasteiger partial charge on any atom is 0.153 e. The van der Waals surface area contributed by atoms with Gasteiger partial charge in [0.25, 0.3) is 0 Å². The Hall–Kier alpha value is -1.07. The number of sulfone groups is 1. The van der Waals surface area contributed by atoms with Crippen LogP contribution in [0.25, 0.3) is 0 Å². The van der Waals surface area contributed by atoms with E-state index >= 15 is 0 Å². The monoisotopic (exact) mass is 311 g/mol. The molecular weight excluding hydrogens is 286 g/mol. The van der Waals surface area contributed by atoms with E-state index in [0.29, 0.717) is 6.04 Å². The number of hydrogen-bond donors (Lipinski definition) is 1. The standard InChI is InChI=1S/C16H25NO3S/c1-3-10-17-15-9-8-14-13(15)6-5-7-16(14)20-11-12-21(18,19)4-2/h5-7,15,17H,3-4,8-12H2,1-2H3. The molecule has 5 heteroatoms. The average molecular weight is 311 g/mol. The summed E-state index contributed by atoms with van der Waals surface area (Å²) in [5.74, 6) is 1.11. The average Bonchev–Trinajstić information content (AvgIpc) is 2.89. The van der Waals surface area contributed by atoms with Crippen LogP contribution in [0.3, 0.4) is 0 Å². The zero-order valence-corrected chi connectivity index (χ0v) is 13.7. The van der Waals surface area contributed by atoms with E-state index in [9.17, 15) is 8.42 Å². The Morgan fingerprint density at radius 2 is 2.14 bits per heavy atom.